The Morgan fingerprint density at radius 3 is 2.52 bits per heavy atom. The van der Waals surface area contributed by atoms with E-state index in [9.17, 15) is 0 Å². The minimum atomic E-state index is 0.526. The van der Waals surface area contributed by atoms with Gasteiger partial charge in [0, 0.05) is 22.2 Å². The molecule has 0 bridgehead atoms. The molecule has 4 nitrogen and oxygen atoms in total. The molecule has 1 aromatic heterocycles. The monoisotopic (exact) mass is 347 g/mol. The zero-order chi connectivity index (χ0) is 16.2. The zero-order valence-electron chi connectivity index (χ0n) is 12.5. The first-order chi connectivity index (χ1) is 11.1. The standard InChI is InChI=1S/C17H15Cl2N3O/c1-22(10-13-7-8-14(18)9-15(13)19)11-16-20-21-17(23-16)12-5-3-2-4-6-12/h2-9H,10-11H2,1H3. The Hall–Kier alpha value is -1.88. The summed E-state index contributed by atoms with van der Waals surface area (Å²) in [4.78, 5) is 2.05. The molecule has 2 aromatic carbocycles. The molecule has 6 heteroatoms. The molecular weight excluding hydrogens is 333 g/mol. The molecule has 0 N–H and O–H groups in total. The van der Waals surface area contributed by atoms with Crippen molar-refractivity contribution in [3.63, 3.8) is 0 Å². The van der Waals surface area contributed by atoms with Crippen LogP contribution in [0.1, 0.15) is 11.5 Å². The highest BCUT2D eigenvalue weighted by atomic mass is 35.5. The second-order valence-corrected chi connectivity index (χ2v) is 6.12. The lowest BCUT2D eigenvalue weighted by molar-refractivity contribution is 0.283. The van der Waals surface area contributed by atoms with Gasteiger partial charge in [0.25, 0.3) is 0 Å². The van der Waals surface area contributed by atoms with Gasteiger partial charge < -0.3 is 4.42 Å². The lowest BCUT2D eigenvalue weighted by Gasteiger charge is -2.15. The molecule has 0 aliphatic heterocycles. The summed E-state index contributed by atoms with van der Waals surface area (Å²) in [6.07, 6.45) is 0. The number of nitrogens with zero attached hydrogens (tertiary/aromatic N) is 3. The van der Waals surface area contributed by atoms with E-state index >= 15 is 0 Å². The quantitative estimate of drug-likeness (QED) is 0.672. The molecule has 1 heterocycles. The van der Waals surface area contributed by atoms with Crippen LogP contribution in [0, 0.1) is 0 Å². The average Bonchev–Trinajstić information content (AvgIpc) is 2.99. The van der Waals surface area contributed by atoms with E-state index in [-0.39, 0.29) is 0 Å². The van der Waals surface area contributed by atoms with E-state index in [0.29, 0.717) is 34.9 Å². The molecule has 0 saturated carbocycles. The van der Waals surface area contributed by atoms with Gasteiger partial charge in [-0.1, -0.05) is 47.5 Å². The Bertz CT molecular complexity index is 790. The van der Waals surface area contributed by atoms with E-state index < -0.39 is 0 Å². The van der Waals surface area contributed by atoms with Gasteiger partial charge in [0.15, 0.2) is 0 Å². The third-order valence-electron chi connectivity index (χ3n) is 3.35. The van der Waals surface area contributed by atoms with Crippen LogP contribution in [-0.2, 0) is 13.1 Å². The van der Waals surface area contributed by atoms with Gasteiger partial charge in [-0.2, -0.15) is 0 Å². The predicted octanol–water partition coefficient (Wildman–Crippen LogP) is 4.68. The summed E-state index contributed by atoms with van der Waals surface area (Å²) >= 11 is 12.1. The number of benzene rings is 2. The van der Waals surface area contributed by atoms with Crippen molar-refractivity contribution in [2.45, 2.75) is 13.1 Å². The Balaban J connectivity index is 1.66. The lowest BCUT2D eigenvalue weighted by atomic mass is 10.2. The Labute approximate surface area is 144 Å². The molecule has 0 atom stereocenters. The molecule has 0 spiro atoms. The minimum Gasteiger partial charge on any atom is -0.419 e. The molecule has 3 rings (SSSR count). The van der Waals surface area contributed by atoms with Crippen LogP contribution in [0.3, 0.4) is 0 Å². The molecule has 3 aromatic rings. The van der Waals surface area contributed by atoms with Crippen LogP contribution in [0.5, 0.6) is 0 Å². The Kier molecular flexibility index (Phi) is 4.96. The molecule has 0 saturated heterocycles. The van der Waals surface area contributed by atoms with Crippen LogP contribution in [0.25, 0.3) is 11.5 Å². The van der Waals surface area contributed by atoms with Crippen molar-refractivity contribution in [1.82, 2.24) is 15.1 Å². The van der Waals surface area contributed by atoms with Gasteiger partial charge in [-0.15, -0.1) is 10.2 Å². The largest absolute Gasteiger partial charge is 0.419 e. The van der Waals surface area contributed by atoms with Crippen molar-refractivity contribution in [3.8, 4) is 11.5 Å². The van der Waals surface area contributed by atoms with Gasteiger partial charge in [0.05, 0.1) is 6.54 Å². The van der Waals surface area contributed by atoms with Gasteiger partial charge in [-0.05, 0) is 36.9 Å². The smallest absolute Gasteiger partial charge is 0.247 e. The minimum absolute atomic E-state index is 0.526. The second-order valence-electron chi connectivity index (χ2n) is 5.28. The highest BCUT2D eigenvalue weighted by Gasteiger charge is 2.12. The molecule has 23 heavy (non-hydrogen) atoms. The third kappa shape index (κ3) is 4.10. The van der Waals surface area contributed by atoms with Crippen LogP contribution in [0.15, 0.2) is 52.9 Å². The fourth-order valence-corrected chi connectivity index (χ4v) is 2.71. The zero-order valence-corrected chi connectivity index (χ0v) is 14.1. The first-order valence-corrected chi connectivity index (χ1v) is 7.87. The fraction of sp³-hybridized carbons (Fsp3) is 0.176. The topological polar surface area (TPSA) is 42.2 Å². The summed E-state index contributed by atoms with van der Waals surface area (Å²) < 4.78 is 5.71. The van der Waals surface area contributed by atoms with Crippen LogP contribution in [-0.4, -0.2) is 22.1 Å². The van der Waals surface area contributed by atoms with Gasteiger partial charge in [0.2, 0.25) is 11.8 Å². The van der Waals surface area contributed by atoms with Gasteiger partial charge >= 0.3 is 0 Å². The normalized spacial score (nSPS) is 11.1. The van der Waals surface area contributed by atoms with E-state index in [1.807, 2.05) is 49.5 Å². The van der Waals surface area contributed by atoms with E-state index in [1.54, 1.807) is 6.07 Å². The average molecular weight is 348 g/mol. The lowest BCUT2D eigenvalue weighted by Crippen LogP contribution is -2.17. The summed E-state index contributed by atoms with van der Waals surface area (Å²) in [6, 6.07) is 15.2. The molecule has 0 aliphatic carbocycles. The van der Waals surface area contributed by atoms with Crippen LogP contribution in [0.2, 0.25) is 10.0 Å². The number of rotatable bonds is 5. The van der Waals surface area contributed by atoms with Crippen LogP contribution < -0.4 is 0 Å². The summed E-state index contributed by atoms with van der Waals surface area (Å²) in [5.74, 6) is 1.09. The van der Waals surface area contributed by atoms with Crippen molar-refractivity contribution in [3.05, 3.63) is 70.0 Å². The molecule has 0 aliphatic rings. The molecule has 0 fully saturated rings. The first kappa shape index (κ1) is 16.0. The maximum Gasteiger partial charge on any atom is 0.247 e. The van der Waals surface area contributed by atoms with Crippen molar-refractivity contribution in [2.75, 3.05) is 7.05 Å². The highest BCUT2D eigenvalue weighted by molar-refractivity contribution is 6.35. The van der Waals surface area contributed by atoms with E-state index in [1.165, 1.54) is 0 Å². The van der Waals surface area contributed by atoms with E-state index in [0.717, 1.165) is 11.1 Å². The number of hydrogen-bond donors (Lipinski definition) is 0. The number of hydrogen-bond acceptors (Lipinski definition) is 4. The maximum absolute atomic E-state index is 6.20. The van der Waals surface area contributed by atoms with E-state index in [4.69, 9.17) is 27.6 Å². The highest BCUT2D eigenvalue weighted by Crippen LogP contribution is 2.23. The SMILES string of the molecule is CN(Cc1nnc(-c2ccccc2)o1)Cc1ccc(Cl)cc1Cl. The Morgan fingerprint density at radius 1 is 1.00 bits per heavy atom. The summed E-state index contributed by atoms with van der Waals surface area (Å²) in [5, 5.41) is 9.47. The second kappa shape index (κ2) is 7.13. The number of aromatic nitrogens is 2. The van der Waals surface area contributed by atoms with Gasteiger partial charge in [0.1, 0.15) is 0 Å². The van der Waals surface area contributed by atoms with E-state index in [2.05, 4.69) is 15.1 Å². The predicted molar refractivity (Wildman–Crippen MR) is 91.4 cm³/mol. The summed E-state index contributed by atoms with van der Waals surface area (Å²) in [5.41, 5.74) is 1.91. The van der Waals surface area contributed by atoms with Crippen molar-refractivity contribution in [1.29, 1.82) is 0 Å². The maximum atomic E-state index is 6.20. The van der Waals surface area contributed by atoms with Crippen LogP contribution in [0.4, 0.5) is 0 Å². The van der Waals surface area contributed by atoms with Crippen molar-refractivity contribution >= 4 is 23.2 Å². The van der Waals surface area contributed by atoms with Crippen molar-refractivity contribution in [2.24, 2.45) is 0 Å². The van der Waals surface area contributed by atoms with Crippen LogP contribution >= 0.6 is 23.2 Å². The van der Waals surface area contributed by atoms with Crippen molar-refractivity contribution < 1.29 is 4.42 Å². The molecule has 0 amide bonds. The molecular formula is C17H15Cl2N3O. The summed E-state index contributed by atoms with van der Waals surface area (Å²) in [6.45, 7) is 1.21. The Morgan fingerprint density at radius 2 is 1.78 bits per heavy atom. The summed E-state index contributed by atoms with van der Waals surface area (Å²) in [7, 11) is 1.97. The third-order valence-corrected chi connectivity index (χ3v) is 3.94. The van der Waals surface area contributed by atoms with Gasteiger partial charge in [-0.25, -0.2) is 0 Å². The first-order valence-electron chi connectivity index (χ1n) is 7.12. The molecule has 0 radical (unpaired) electrons. The molecule has 0 unspecified atom stereocenters. The fourth-order valence-electron chi connectivity index (χ4n) is 2.24. The molecule has 118 valence electrons. The van der Waals surface area contributed by atoms with Gasteiger partial charge in [-0.3, -0.25) is 4.90 Å². The number of halogens is 2.